The number of nitrogens with zero attached hydrogens (tertiary/aromatic N) is 3. The zero-order chi connectivity index (χ0) is 13.0. The van der Waals surface area contributed by atoms with Crippen LogP contribution in [0.1, 0.15) is 18.0 Å². The topological polar surface area (TPSA) is 72.0 Å². The highest BCUT2D eigenvalue weighted by molar-refractivity contribution is 7.09. The number of rotatable bonds is 5. The maximum Gasteiger partial charge on any atom is 0.204 e. The SMILES string of the molecule is CNc1ncnc(NC(C)c2nccs2)c1OC. The molecule has 2 aromatic heterocycles. The Morgan fingerprint density at radius 1 is 1.28 bits per heavy atom. The largest absolute Gasteiger partial charge is 0.490 e. The molecular weight excluding hydrogens is 250 g/mol. The molecule has 0 spiro atoms. The third kappa shape index (κ3) is 2.51. The lowest BCUT2D eigenvalue weighted by molar-refractivity contribution is 0.414. The molecule has 2 heterocycles. The lowest BCUT2D eigenvalue weighted by atomic mass is 10.3. The molecule has 7 heteroatoms. The Morgan fingerprint density at radius 3 is 2.67 bits per heavy atom. The molecule has 0 bridgehead atoms. The molecule has 0 aliphatic heterocycles. The molecule has 0 saturated heterocycles. The van der Waals surface area contributed by atoms with E-state index in [2.05, 4.69) is 25.6 Å². The molecule has 0 aromatic carbocycles. The Hall–Kier alpha value is -1.89. The van der Waals surface area contributed by atoms with Crippen molar-refractivity contribution in [3.05, 3.63) is 22.9 Å². The molecule has 0 saturated carbocycles. The van der Waals surface area contributed by atoms with Gasteiger partial charge in [-0.05, 0) is 6.92 Å². The van der Waals surface area contributed by atoms with Crippen molar-refractivity contribution >= 4 is 23.0 Å². The van der Waals surface area contributed by atoms with Crippen LogP contribution in [0.25, 0.3) is 0 Å². The van der Waals surface area contributed by atoms with Gasteiger partial charge in [-0.15, -0.1) is 11.3 Å². The van der Waals surface area contributed by atoms with E-state index in [1.54, 1.807) is 31.7 Å². The summed E-state index contributed by atoms with van der Waals surface area (Å²) >= 11 is 1.60. The normalized spacial score (nSPS) is 11.9. The summed E-state index contributed by atoms with van der Waals surface area (Å²) in [4.78, 5) is 12.6. The quantitative estimate of drug-likeness (QED) is 0.863. The van der Waals surface area contributed by atoms with E-state index in [4.69, 9.17) is 4.74 Å². The zero-order valence-electron chi connectivity index (χ0n) is 10.5. The number of nitrogens with one attached hydrogen (secondary N) is 2. The maximum atomic E-state index is 5.32. The molecule has 2 N–H and O–H groups in total. The van der Waals surface area contributed by atoms with Crippen molar-refractivity contribution in [1.82, 2.24) is 15.0 Å². The van der Waals surface area contributed by atoms with Crippen LogP contribution in [0.15, 0.2) is 17.9 Å². The summed E-state index contributed by atoms with van der Waals surface area (Å²) in [6, 6.07) is 0.0681. The maximum absolute atomic E-state index is 5.32. The van der Waals surface area contributed by atoms with E-state index in [0.29, 0.717) is 17.4 Å². The Labute approximate surface area is 109 Å². The number of hydrogen-bond acceptors (Lipinski definition) is 7. The summed E-state index contributed by atoms with van der Waals surface area (Å²) in [6.07, 6.45) is 3.28. The molecule has 6 nitrogen and oxygen atoms in total. The Morgan fingerprint density at radius 2 is 2.06 bits per heavy atom. The average molecular weight is 265 g/mol. The number of aromatic nitrogens is 3. The lowest BCUT2D eigenvalue weighted by Crippen LogP contribution is -2.10. The summed E-state index contributed by atoms with van der Waals surface area (Å²) in [6.45, 7) is 2.03. The van der Waals surface area contributed by atoms with Crippen LogP contribution in [0.4, 0.5) is 11.6 Å². The van der Waals surface area contributed by atoms with Gasteiger partial charge in [0, 0.05) is 18.6 Å². The Kier molecular flexibility index (Phi) is 3.93. The molecule has 18 heavy (non-hydrogen) atoms. The smallest absolute Gasteiger partial charge is 0.204 e. The molecular formula is C11H15N5OS. The molecule has 0 fully saturated rings. The predicted octanol–water partition coefficient (Wildman–Crippen LogP) is 2.16. The van der Waals surface area contributed by atoms with Gasteiger partial charge in [-0.2, -0.15) is 0 Å². The first kappa shape index (κ1) is 12.6. The van der Waals surface area contributed by atoms with Crippen LogP contribution in [0, 0.1) is 0 Å². The van der Waals surface area contributed by atoms with Crippen LogP contribution in [0.2, 0.25) is 0 Å². The summed E-state index contributed by atoms with van der Waals surface area (Å²) in [5.74, 6) is 1.91. The van der Waals surface area contributed by atoms with Gasteiger partial charge in [0.15, 0.2) is 11.6 Å². The number of hydrogen-bond donors (Lipinski definition) is 2. The molecule has 2 aromatic rings. The molecule has 1 atom stereocenters. The van der Waals surface area contributed by atoms with Gasteiger partial charge >= 0.3 is 0 Å². The third-order valence-electron chi connectivity index (χ3n) is 2.42. The van der Waals surface area contributed by atoms with Gasteiger partial charge in [-0.1, -0.05) is 0 Å². The number of ether oxygens (including phenoxy) is 1. The van der Waals surface area contributed by atoms with Crippen LogP contribution in [0.5, 0.6) is 5.75 Å². The highest BCUT2D eigenvalue weighted by Crippen LogP contribution is 2.31. The van der Waals surface area contributed by atoms with Gasteiger partial charge in [0.2, 0.25) is 5.75 Å². The minimum absolute atomic E-state index is 0.0681. The number of methoxy groups -OCH3 is 1. The third-order valence-corrected chi connectivity index (χ3v) is 3.38. The van der Waals surface area contributed by atoms with E-state index >= 15 is 0 Å². The minimum Gasteiger partial charge on any atom is -0.490 e. The first-order valence-electron chi connectivity index (χ1n) is 5.49. The molecule has 96 valence electrons. The van der Waals surface area contributed by atoms with Gasteiger partial charge in [-0.25, -0.2) is 15.0 Å². The fourth-order valence-corrected chi connectivity index (χ4v) is 2.21. The summed E-state index contributed by atoms with van der Waals surface area (Å²) in [5.41, 5.74) is 0. The van der Waals surface area contributed by atoms with Crippen LogP contribution in [-0.2, 0) is 0 Å². The standard InChI is InChI=1S/C11H15N5OS/c1-7(11-13-4-5-18-11)16-10-8(17-3)9(12-2)14-6-15-10/h4-7H,1-3H3,(H2,12,14,15,16). The molecule has 2 rings (SSSR count). The van der Waals surface area contributed by atoms with Crippen LogP contribution >= 0.6 is 11.3 Å². The van der Waals surface area contributed by atoms with Crippen LogP contribution < -0.4 is 15.4 Å². The first-order chi connectivity index (χ1) is 8.76. The lowest BCUT2D eigenvalue weighted by Gasteiger charge is -2.16. The monoisotopic (exact) mass is 265 g/mol. The van der Waals surface area contributed by atoms with Crippen molar-refractivity contribution in [2.75, 3.05) is 24.8 Å². The van der Waals surface area contributed by atoms with E-state index in [9.17, 15) is 0 Å². The van der Waals surface area contributed by atoms with Crippen LogP contribution in [0.3, 0.4) is 0 Å². The average Bonchev–Trinajstić information content (AvgIpc) is 2.92. The fraction of sp³-hybridized carbons (Fsp3) is 0.364. The molecule has 0 aliphatic carbocycles. The second-order valence-electron chi connectivity index (χ2n) is 3.59. The zero-order valence-corrected chi connectivity index (χ0v) is 11.3. The Balaban J connectivity index is 2.23. The second kappa shape index (κ2) is 5.63. The van der Waals surface area contributed by atoms with E-state index < -0.39 is 0 Å². The molecule has 1 unspecified atom stereocenters. The van der Waals surface area contributed by atoms with Gasteiger partial charge in [0.25, 0.3) is 0 Å². The van der Waals surface area contributed by atoms with Crippen molar-refractivity contribution in [3.63, 3.8) is 0 Å². The highest BCUT2D eigenvalue weighted by Gasteiger charge is 2.15. The van der Waals surface area contributed by atoms with Crippen LogP contribution in [-0.4, -0.2) is 29.1 Å². The van der Waals surface area contributed by atoms with Gasteiger partial charge in [0.1, 0.15) is 11.3 Å². The van der Waals surface area contributed by atoms with E-state index in [-0.39, 0.29) is 6.04 Å². The van der Waals surface area contributed by atoms with E-state index in [1.807, 2.05) is 12.3 Å². The molecule has 0 radical (unpaired) electrons. The highest BCUT2D eigenvalue weighted by atomic mass is 32.1. The Bertz CT molecular complexity index is 502. The van der Waals surface area contributed by atoms with E-state index in [1.165, 1.54) is 6.33 Å². The number of thiazole rings is 1. The van der Waals surface area contributed by atoms with Crippen molar-refractivity contribution in [2.45, 2.75) is 13.0 Å². The molecule has 0 amide bonds. The minimum atomic E-state index is 0.0681. The van der Waals surface area contributed by atoms with Crippen molar-refractivity contribution in [2.24, 2.45) is 0 Å². The second-order valence-corrected chi connectivity index (χ2v) is 4.52. The molecule has 0 aliphatic rings. The van der Waals surface area contributed by atoms with Crippen molar-refractivity contribution in [1.29, 1.82) is 0 Å². The van der Waals surface area contributed by atoms with Gasteiger partial charge < -0.3 is 15.4 Å². The summed E-state index contributed by atoms with van der Waals surface area (Å²) in [7, 11) is 3.39. The predicted molar refractivity (Wildman–Crippen MR) is 72.3 cm³/mol. The fourth-order valence-electron chi connectivity index (χ4n) is 1.56. The van der Waals surface area contributed by atoms with Crippen molar-refractivity contribution < 1.29 is 4.74 Å². The van der Waals surface area contributed by atoms with Gasteiger partial charge in [-0.3, -0.25) is 0 Å². The number of anilines is 2. The van der Waals surface area contributed by atoms with Gasteiger partial charge in [0.05, 0.1) is 13.2 Å². The summed E-state index contributed by atoms with van der Waals surface area (Å²) < 4.78 is 5.32. The summed E-state index contributed by atoms with van der Waals surface area (Å²) in [5, 5.41) is 9.19. The van der Waals surface area contributed by atoms with E-state index in [0.717, 1.165) is 5.01 Å². The first-order valence-corrected chi connectivity index (χ1v) is 6.37. The van der Waals surface area contributed by atoms with Crippen molar-refractivity contribution in [3.8, 4) is 5.75 Å².